The maximum atomic E-state index is 5.27. The van der Waals surface area contributed by atoms with Gasteiger partial charge in [-0.2, -0.15) is 0 Å². The minimum absolute atomic E-state index is 0.441. The van der Waals surface area contributed by atoms with E-state index in [2.05, 4.69) is 30.4 Å². The quantitative estimate of drug-likeness (QED) is 0.648. The molecule has 0 aromatic rings. The molecule has 0 aliphatic carbocycles. The molecule has 0 bridgehead atoms. The van der Waals surface area contributed by atoms with Gasteiger partial charge in [0, 0.05) is 24.5 Å². The molecule has 2 heteroatoms. The highest BCUT2D eigenvalue weighted by molar-refractivity contribution is 4.89. The van der Waals surface area contributed by atoms with Crippen LogP contribution in [0, 0.1) is 12.3 Å². The molecule has 3 atom stereocenters. The second-order valence-electron chi connectivity index (χ2n) is 4.41. The molecule has 0 aromatic heterocycles. The number of nitrogens with one attached hydrogen (secondary N) is 2. The molecule has 0 spiro atoms. The summed E-state index contributed by atoms with van der Waals surface area (Å²) < 4.78 is 0. The first-order valence-corrected chi connectivity index (χ1v) is 5.65. The molecule has 80 valence electrons. The Kier molecular flexibility index (Phi) is 5.00. The largest absolute Gasteiger partial charge is 0.314 e. The van der Waals surface area contributed by atoms with Gasteiger partial charge in [-0.25, -0.2) is 0 Å². The average molecular weight is 194 g/mol. The zero-order valence-electron chi connectivity index (χ0n) is 9.34. The van der Waals surface area contributed by atoms with Crippen molar-refractivity contribution in [3.63, 3.8) is 0 Å². The van der Waals surface area contributed by atoms with Gasteiger partial charge in [0.05, 0.1) is 0 Å². The Bertz CT molecular complexity index is 189. The first kappa shape index (κ1) is 11.6. The molecule has 1 saturated heterocycles. The highest BCUT2D eigenvalue weighted by Gasteiger charge is 2.17. The second kappa shape index (κ2) is 6.06. The molecule has 1 aliphatic heterocycles. The van der Waals surface area contributed by atoms with E-state index in [1.54, 1.807) is 0 Å². The summed E-state index contributed by atoms with van der Waals surface area (Å²) in [4.78, 5) is 0. The zero-order valence-corrected chi connectivity index (χ0v) is 9.34. The van der Waals surface area contributed by atoms with Crippen molar-refractivity contribution >= 4 is 0 Å². The molecule has 2 nitrogen and oxygen atoms in total. The van der Waals surface area contributed by atoms with Gasteiger partial charge in [-0.05, 0) is 39.7 Å². The number of terminal acetylenes is 1. The Hall–Kier alpha value is -0.520. The summed E-state index contributed by atoms with van der Waals surface area (Å²) in [6, 6.07) is 1.72. The van der Waals surface area contributed by atoms with Crippen LogP contribution in [-0.4, -0.2) is 24.7 Å². The van der Waals surface area contributed by atoms with E-state index >= 15 is 0 Å². The molecule has 1 rings (SSSR count). The summed E-state index contributed by atoms with van der Waals surface area (Å²) in [6.45, 7) is 5.59. The lowest BCUT2D eigenvalue weighted by Crippen LogP contribution is -2.38. The Morgan fingerprint density at radius 2 is 2.29 bits per heavy atom. The van der Waals surface area contributed by atoms with E-state index in [1.165, 1.54) is 25.8 Å². The van der Waals surface area contributed by atoms with Crippen LogP contribution in [0.5, 0.6) is 0 Å². The standard InChI is InChI=1S/C12H22N2/c1-4-6-10(2)14-11(3)9-12-7-5-8-13-12/h1,10-14H,5-9H2,2-3H3. The molecule has 0 radical (unpaired) electrons. The van der Waals surface area contributed by atoms with Gasteiger partial charge in [-0.1, -0.05) is 0 Å². The number of rotatable bonds is 5. The first-order valence-electron chi connectivity index (χ1n) is 5.65. The third-order valence-corrected chi connectivity index (χ3v) is 2.79. The Morgan fingerprint density at radius 1 is 1.50 bits per heavy atom. The van der Waals surface area contributed by atoms with Crippen LogP contribution in [0.15, 0.2) is 0 Å². The van der Waals surface area contributed by atoms with Crippen molar-refractivity contribution in [2.24, 2.45) is 0 Å². The first-order chi connectivity index (χ1) is 6.72. The molecular formula is C12H22N2. The summed E-state index contributed by atoms with van der Waals surface area (Å²) >= 11 is 0. The van der Waals surface area contributed by atoms with Crippen LogP contribution in [-0.2, 0) is 0 Å². The van der Waals surface area contributed by atoms with Gasteiger partial charge in [0.25, 0.3) is 0 Å². The van der Waals surface area contributed by atoms with Gasteiger partial charge in [0.2, 0.25) is 0 Å². The summed E-state index contributed by atoms with van der Waals surface area (Å²) in [7, 11) is 0. The minimum atomic E-state index is 0.441. The third-order valence-electron chi connectivity index (χ3n) is 2.79. The molecule has 3 unspecified atom stereocenters. The van der Waals surface area contributed by atoms with Crippen molar-refractivity contribution in [1.82, 2.24) is 10.6 Å². The maximum absolute atomic E-state index is 5.27. The lowest BCUT2D eigenvalue weighted by atomic mass is 10.1. The summed E-state index contributed by atoms with van der Waals surface area (Å²) in [5, 5.41) is 7.04. The molecule has 2 N–H and O–H groups in total. The Morgan fingerprint density at radius 3 is 2.86 bits per heavy atom. The van der Waals surface area contributed by atoms with Crippen molar-refractivity contribution in [3.05, 3.63) is 0 Å². The maximum Gasteiger partial charge on any atom is 0.0238 e. The van der Waals surface area contributed by atoms with E-state index in [1.807, 2.05) is 0 Å². The topological polar surface area (TPSA) is 24.1 Å². The monoisotopic (exact) mass is 194 g/mol. The van der Waals surface area contributed by atoms with Gasteiger partial charge in [0.1, 0.15) is 0 Å². The van der Waals surface area contributed by atoms with Crippen molar-refractivity contribution in [2.75, 3.05) is 6.54 Å². The lowest BCUT2D eigenvalue weighted by molar-refractivity contribution is 0.405. The van der Waals surface area contributed by atoms with Crippen LogP contribution < -0.4 is 10.6 Å². The van der Waals surface area contributed by atoms with Gasteiger partial charge in [-0.15, -0.1) is 12.3 Å². The van der Waals surface area contributed by atoms with Crippen LogP contribution >= 0.6 is 0 Å². The number of hydrogen-bond acceptors (Lipinski definition) is 2. The molecule has 0 saturated carbocycles. The summed E-state index contributed by atoms with van der Waals surface area (Å²) in [5.74, 6) is 2.69. The molecule has 14 heavy (non-hydrogen) atoms. The van der Waals surface area contributed by atoms with E-state index < -0.39 is 0 Å². The Balaban J connectivity index is 2.14. The molecule has 1 heterocycles. The third kappa shape index (κ3) is 4.13. The SMILES string of the molecule is C#CCC(C)NC(C)CC1CCCN1. The van der Waals surface area contributed by atoms with Crippen molar-refractivity contribution in [1.29, 1.82) is 0 Å². The van der Waals surface area contributed by atoms with Crippen LogP contribution in [0.3, 0.4) is 0 Å². The van der Waals surface area contributed by atoms with Crippen LogP contribution in [0.4, 0.5) is 0 Å². The summed E-state index contributed by atoms with van der Waals surface area (Å²) in [6.07, 6.45) is 9.96. The molecule has 0 amide bonds. The molecule has 1 aliphatic rings. The van der Waals surface area contributed by atoms with Gasteiger partial charge < -0.3 is 10.6 Å². The van der Waals surface area contributed by atoms with E-state index in [0.29, 0.717) is 12.1 Å². The Labute approximate surface area is 87.8 Å². The van der Waals surface area contributed by atoms with Crippen LogP contribution in [0.25, 0.3) is 0 Å². The minimum Gasteiger partial charge on any atom is -0.314 e. The van der Waals surface area contributed by atoms with Crippen molar-refractivity contribution < 1.29 is 0 Å². The number of hydrogen-bond donors (Lipinski definition) is 2. The van der Waals surface area contributed by atoms with Gasteiger partial charge in [-0.3, -0.25) is 0 Å². The van der Waals surface area contributed by atoms with Crippen LogP contribution in [0.2, 0.25) is 0 Å². The lowest BCUT2D eigenvalue weighted by Gasteiger charge is -2.21. The van der Waals surface area contributed by atoms with Crippen molar-refractivity contribution in [3.8, 4) is 12.3 Å². The smallest absolute Gasteiger partial charge is 0.0238 e. The van der Waals surface area contributed by atoms with Crippen LogP contribution in [0.1, 0.15) is 39.5 Å². The van der Waals surface area contributed by atoms with Gasteiger partial charge in [0.15, 0.2) is 0 Å². The molecular weight excluding hydrogens is 172 g/mol. The van der Waals surface area contributed by atoms with Gasteiger partial charge >= 0.3 is 0 Å². The predicted molar refractivity (Wildman–Crippen MR) is 61.2 cm³/mol. The van der Waals surface area contributed by atoms with E-state index in [4.69, 9.17) is 6.42 Å². The van der Waals surface area contributed by atoms with E-state index in [0.717, 1.165) is 12.5 Å². The molecule has 0 aromatic carbocycles. The normalized spacial score (nSPS) is 25.6. The fourth-order valence-corrected chi connectivity index (χ4v) is 2.17. The average Bonchev–Trinajstić information content (AvgIpc) is 2.56. The molecule has 1 fully saturated rings. The fourth-order valence-electron chi connectivity index (χ4n) is 2.17. The fraction of sp³-hybridized carbons (Fsp3) is 0.833. The predicted octanol–water partition coefficient (Wildman–Crippen LogP) is 1.52. The highest BCUT2D eigenvalue weighted by Crippen LogP contribution is 2.11. The highest BCUT2D eigenvalue weighted by atomic mass is 15.0. The zero-order chi connectivity index (χ0) is 10.4. The summed E-state index contributed by atoms with van der Waals surface area (Å²) in [5.41, 5.74) is 0. The van der Waals surface area contributed by atoms with E-state index in [9.17, 15) is 0 Å². The second-order valence-corrected chi connectivity index (χ2v) is 4.41. The van der Waals surface area contributed by atoms with E-state index in [-0.39, 0.29) is 0 Å². The van der Waals surface area contributed by atoms with Crippen molar-refractivity contribution in [2.45, 2.75) is 57.7 Å².